The van der Waals surface area contributed by atoms with Crippen molar-refractivity contribution in [2.75, 3.05) is 31.6 Å². The van der Waals surface area contributed by atoms with E-state index in [9.17, 15) is 19.2 Å². The summed E-state index contributed by atoms with van der Waals surface area (Å²) in [4.78, 5) is 51.8. The van der Waals surface area contributed by atoms with Crippen molar-refractivity contribution in [3.63, 3.8) is 0 Å². The van der Waals surface area contributed by atoms with Crippen molar-refractivity contribution < 1.29 is 28.7 Å². The van der Waals surface area contributed by atoms with Gasteiger partial charge in [-0.25, -0.2) is 9.59 Å². The van der Waals surface area contributed by atoms with Crippen molar-refractivity contribution in [3.05, 3.63) is 57.5 Å². The van der Waals surface area contributed by atoms with Crippen LogP contribution in [-0.4, -0.2) is 55.0 Å². The van der Waals surface area contributed by atoms with Crippen LogP contribution in [0.5, 0.6) is 0 Å². The molecule has 0 unspecified atom stereocenters. The Bertz CT molecular complexity index is 1070. The minimum absolute atomic E-state index is 0.126. The largest absolute Gasteiger partial charge is 0.462 e. The number of amides is 2. The Hall–Kier alpha value is -3.46. The van der Waals surface area contributed by atoms with E-state index in [2.05, 4.69) is 5.32 Å². The maximum Gasteiger partial charge on any atom is 0.341 e. The van der Waals surface area contributed by atoms with Gasteiger partial charge in [-0.15, -0.1) is 11.3 Å². The first kappa shape index (κ1) is 26.8. The molecule has 2 rings (SSSR count). The van der Waals surface area contributed by atoms with Crippen molar-refractivity contribution in [2.45, 2.75) is 34.6 Å². The number of nitrogens with zero attached hydrogens (tertiary/aromatic N) is 1. The smallest absolute Gasteiger partial charge is 0.341 e. The van der Waals surface area contributed by atoms with E-state index >= 15 is 0 Å². The molecule has 182 valence electrons. The number of aryl methyl sites for hydroxylation is 1. The van der Waals surface area contributed by atoms with E-state index in [1.54, 1.807) is 24.8 Å². The van der Waals surface area contributed by atoms with Crippen molar-refractivity contribution in [1.82, 2.24) is 4.90 Å². The average molecular weight is 487 g/mol. The molecule has 0 bridgehead atoms. The van der Waals surface area contributed by atoms with Gasteiger partial charge < -0.3 is 19.7 Å². The van der Waals surface area contributed by atoms with E-state index < -0.39 is 24.5 Å². The van der Waals surface area contributed by atoms with Crippen LogP contribution in [0, 0.1) is 13.8 Å². The van der Waals surface area contributed by atoms with E-state index in [0.717, 1.165) is 22.5 Å². The van der Waals surface area contributed by atoms with Crippen LogP contribution in [0.2, 0.25) is 0 Å². The third-order valence-corrected chi connectivity index (χ3v) is 6.15. The molecule has 2 aromatic rings. The molecule has 34 heavy (non-hydrogen) atoms. The lowest BCUT2D eigenvalue weighted by Gasteiger charge is -2.18. The van der Waals surface area contributed by atoms with Gasteiger partial charge in [-0.1, -0.05) is 29.8 Å². The van der Waals surface area contributed by atoms with Crippen LogP contribution in [0.1, 0.15) is 57.5 Å². The van der Waals surface area contributed by atoms with Gasteiger partial charge in [0, 0.05) is 19.2 Å². The first-order chi connectivity index (χ1) is 16.2. The van der Waals surface area contributed by atoms with E-state index in [-0.39, 0.29) is 23.1 Å². The molecule has 1 aromatic carbocycles. The van der Waals surface area contributed by atoms with Crippen molar-refractivity contribution in [2.24, 2.45) is 0 Å². The van der Waals surface area contributed by atoms with Gasteiger partial charge in [-0.05, 0) is 51.8 Å². The van der Waals surface area contributed by atoms with Gasteiger partial charge in [-0.3, -0.25) is 9.59 Å². The number of nitrogens with one attached hydrogen (secondary N) is 1. The zero-order chi connectivity index (χ0) is 25.3. The molecular weight excluding hydrogens is 456 g/mol. The molecule has 8 nitrogen and oxygen atoms in total. The van der Waals surface area contributed by atoms with Gasteiger partial charge in [0.15, 0.2) is 6.61 Å². The predicted molar refractivity (Wildman–Crippen MR) is 132 cm³/mol. The first-order valence-corrected chi connectivity index (χ1v) is 11.8. The lowest BCUT2D eigenvalue weighted by molar-refractivity contribution is -0.142. The Balaban J connectivity index is 2.12. The molecule has 0 aliphatic heterocycles. The topological polar surface area (TPSA) is 102 Å². The van der Waals surface area contributed by atoms with Crippen molar-refractivity contribution in [3.8, 4) is 0 Å². The number of ether oxygens (including phenoxy) is 2. The fraction of sp³-hybridized carbons (Fsp3) is 0.360. The standard InChI is InChI=1S/C25H30N2O6S/c1-6-27(7-2)24(30)22-17(5)21(25(31)32-8-3)23(34-22)26-19(28)15-33-20(29)14-13-18-11-9-16(4)10-12-18/h9-14H,6-8,15H2,1-5H3,(H,26,28). The summed E-state index contributed by atoms with van der Waals surface area (Å²) in [6, 6.07) is 7.56. The highest BCUT2D eigenvalue weighted by Crippen LogP contribution is 2.34. The normalized spacial score (nSPS) is 10.7. The zero-order valence-corrected chi connectivity index (χ0v) is 20.9. The number of rotatable bonds is 10. The fourth-order valence-electron chi connectivity index (χ4n) is 3.10. The molecule has 1 aromatic heterocycles. The van der Waals surface area contributed by atoms with Gasteiger partial charge >= 0.3 is 11.9 Å². The third kappa shape index (κ3) is 7.02. The Kier molecular flexibility index (Phi) is 10.0. The number of thiophene rings is 1. The van der Waals surface area contributed by atoms with Crippen LogP contribution >= 0.6 is 11.3 Å². The minimum Gasteiger partial charge on any atom is -0.462 e. The van der Waals surface area contributed by atoms with Gasteiger partial charge in [0.25, 0.3) is 11.8 Å². The molecule has 0 saturated heterocycles. The lowest BCUT2D eigenvalue weighted by atomic mass is 10.1. The molecule has 0 spiro atoms. The molecule has 0 aliphatic rings. The molecule has 2 amide bonds. The Morgan fingerprint density at radius 2 is 1.65 bits per heavy atom. The van der Waals surface area contributed by atoms with Gasteiger partial charge in [0.05, 0.1) is 17.0 Å². The second kappa shape index (κ2) is 12.7. The average Bonchev–Trinajstić information content (AvgIpc) is 3.13. The van der Waals surface area contributed by atoms with Crippen LogP contribution in [0.25, 0.3) is 6.08 Å². The highest BCUT2D eigenvalue weighted by molar-refractivity contribution is 7.18. The summed E-state index contributed by atoms with van der Waals surface area (Å²) in [6.07, 6.45) is 2.82. The summed E-state index contributed by atoms with van der Waals surface area (Å²) in [5.41, 5.74) is 2.49. The molecule has 9 heteroatoms. The Labute approximate surface area is 203 Å². The third-order valence-electron chi connectivity index (χ3n) is 4.96. The second-order valence-electron chi connectivity index (χ2n) is 7.36. The Morgan fingerprint density at radius 1 is 1.00 bits per heavy atom. The molecule has 1 heterocycles. The van der Waals surface area contributed by atoms with E-state index in [1.165, 1.54) is 6.08 Å². The zero-order valence-electron chi connectivity index (χ0n) is 20.1. The number of esters is 2. The summed E-state index contributed by atoms with van der Waals surface area (Å²) >= 11 is 1.00. The molecule has 1 N–H and O–H groups in total. The fourth-order valence-corrected chi connectivity index (χ4v) is 4.28. The number of benzene rings is 1. The van der Waals surface area contributed by atoms with Crippen LogP contribution in [0.15, 0.2) is 30.3 Å². The Morgan fingerprint density at radius 3 is 2.24 bits per heavy atom. The molecular formula is C25H30N2O6S. The summed E-state index contributed by atoms with van der Waals surface area (Å²) < 4.78 is 10.1. The monoisotopic (exact) mass is 486 g/mol. The highest BCUT2D eigenvalue weighted by atomic mass is 32.1. The maximum absolute atomic E-state index is 12.9. The molecule has 0 aliphatic carbocycles. The van der Waals surface area contributed by atoms with Gasteiger partial charge in [-0.2, -0.15) is 0 Å². The van der Waals surface area contributed by atoms with Gasteiger partial charge in [0.1, 0.15) is 5.00 Å². The van der Waals surface area contributed by atoms with E-state index in [1.807, 2.05) is 45.0 Å². The van der Waals surface area contributed by atoms with Crippen LogP contribution < -0.4 is 5.32 Å². The molecule has 0 saturated carbocycles. The van der Waals surface area contributed by atoms with Crippen molar-refractivity contribution >= 4 is 46.2 Å². The van der Waals surface area contributed by atoms with Gasteiger partial charge in [0.2, 0.25) is 0 Å². The SMILES string of the molecule is CCOC(=O)c1c(NC(=O)COC(=O)C=Cc2ccc(C)cc2)sc(C(=O)N(CC)CC)c1C. The first-order valence-electron chi connectivity index (χ1n) is 11.0. The summed E-state index contributed by atoms with van der Waals surface area (Å²) in [7, 11) is 0. The maximum atomic E-state index is 12.9. The summed E-state index contributed by atoms with van der Waals surface area (Å²) in [5, 5.41) is 2.77. The highest BCUT2D eigenvalue weighted by Gasteiger charge is 2.28. The summed E-state index contributed by atoms with van der Waals surface area (Å²) in [5.74, 6) is -2.18. The van der Waals surface area contributed by atoms with E-state index in [0.29, 0.717) is 23.5 Å². The van der Waals surface area contributed by atoms with Crippen LogP contribution in [-0.2, 0) is 19.1 Å². The van der Waals surface area contributed by atoms with Crippen LogP contribution in [0.3, 0.4) is 0 Å². The summed E-state index contributed by atoms with van der Waals surface area (Å²) in [6.45, 7) is 9.62. The molecule has 0 atom stereocenters. The predicted octanol–water partition coefficient (Wildman–Crippen LogP) is 4.22. The molecule has 0 radical (unpaired) electrons. The minimum atomic E-state index is -0.680. The van der Waals surface area contributed by atoms with E-state index in [4.69, 9.17) is 9.47 Å². The number of carbonyl (C=O) groups excluding carboxylic acids is 4. The molecule has 0 fully saturated rings. The number of hydrogen-bond donors (Lipinski definition) is 1. The number of carbonyl (C=O) groups is 4. The van der Waals surface area contributed by atoms with Crippen LogP contribution in [0.4, 0.5) is 5.00 Å². The lowest BCUT2D eigenvalue weighted by Crippen LogP contribution is -2.30. The quantitative estimate of drug-likeness (QED) is 0.399. The second-order valence-corrected chi connectivity index (χ2v) is 8.38. The number of hydrogen-bond acceptors (Lipinski definition) is 7. The number of anilines is 1. The van der Waals surface area contributed by atoms with Crippen molar-refractivity contribution in [1.29, 1.82) is 0 Å².